The van der Waals surface area contributed by atoms with Gasteiger partial charge in [0.2, 0.25) is 0 Å². The molecule has 230 valence electrons. The third kappa shape index (κ3) is 6.38. The number of nitrogens with one attached hydrogen (secondary N) is 2. The molecule has 2 N–H and O–H groups in total. The van der Waals surface area contributed by atoms with Gasteiger partial charge < -0.3 is 19.4 Å². The Balaban J connectivity index is 1.18. The molecule has 1 aliphatic heterocycles. The lowest BCUT2D eigenvalue weighted by atomic mass is 10.0. The Morgan fingerprint density at radius 3 is 2.49 bits per heavy atom. The number of fused-ring (bicyclic) bond motifs is 2. The smallest absolute Gasteiger partial charge is 0.138 e. The summed E-state index contributed by atoms with van der Waals surface area (Å²) in [6, 6.07) is 15.1. The lowest BCUT2D eigenvalue weighted by Crippen LogP contribution is -2.25. The molecule has 6 aromatic rings. The molecule has 0 aliphatic carbocycles. The number of hydrogen-bond acceptors (Lipinski definition) is 7. The van der Waals surface area contributed by atoms with Crippen molar-refractivity contribution in [3.05, 3.63) is 79.1 Å². The zero-order chi connectivity index (χ0) is 30.8. The molecule has 0 amide bonds. The van der Waals surface area contributed by atoms with Gasteiger partial charge in [0.25, 0.3) is 0 Å². The van der Waals surface area contributed by atoms with Crippen molar-refractivity contribution >= 4 is 21.8 Å². The number of aromatic nitrogens is 5. The fourth-order valence-electron chi connectivity index (χ4n) is 5.91. The monoisotopic (exact) mass is 605 g/mol. The number of aromatic amines is 2. The van der Waals surface area contributed by atoms with Crippen molar-refractivity contribution < 1.29 is 13.9 Å². The second-order valence-corrected chi connectivity index (χ2v) is 11.8. The van der Waals surface area contributed by atoms with E-state index in [-0.39, 0.29) is 5.82 Å². The topological polar surface area (TPSA) is 95.2 Å². The Hall–Kier alpha value is -4.80. The van der Waals surface area contributed by atoms with Crippen molar-refractivity contribution in [2.45, 2.75) is 12.8 Å². The molecule has 5 heterocycles. The van der Waals surface area contributed by atoms with Crippen molar-refractivity contribution in [2.24, 2.45) is 0 Å². The molecule has 2 aromatic carbocycles. The molecule has 4 aromatic heterocycles. The van der Waals surface area contributed by atoms with E-state index < -0.39 is 0 Å². The van der Waals surface area contributed by atoms with Gasteiger partial charge in [-0.1, -0.05) is 6.07 Å². The van der Waals surface area contributed by atoms with Gasteiger partial charge >= 0.3 is 0 Å². The minimum Gasteiger partial charge on any atom is -0.492 e. The first-order chi connectivity index (χ1) is 22.0. The van der Waals surface area contributed by atoms with Gasteiger partial charge in [0.15, 0.2) is 0 Å². The van der Waals surface area contributed by atoms with Gasteiger partial charge in [-0.2, -0.15) is 5.10 Å². The summed E-state index contributed by atoms with van der Waals surface area (Å²) in [5, 5.41) is 9.71. The van der Waals surface area contributed by atoms with Crippen LogP contribution in [0.1, 0.15) is 12.8 Å². The van der Waals surface area contributed by atoms with E-state index in [9.17, 15) is 4.39 Å². The van der Waals surface area contributed by atoms with Crippen molar-refractivity contribution in [2.75, 3.05) is 53.5 Å². The number of benzene rings is 2. The lowest BCUT2D eigenvalue weighted by Gasteiger charge is -2.15. The average molecular weight is 606 g/mol. The number of hydrogen-bond donors (Lipinski definition) is 2. The highest BCUT2D eigenvalue weighted by atomic mass is 19.1. The van der Waals surface area contributed by atoms with E-state index in [1.54, 1.807) is 18.6 Å². The van der Waals surface area contributed by atoms with E-state index in [2.05, 4.69) is 41.0 Å². The van der Waals surface area contributed by atoms with Crippen LogP contribution in [0.3, 0.4) is 0 Å². The number of likely N-dealkylation sites (N-methyl/N-ethyl adjacent to an activating group) is 1. The average Bonchev–Trinajstić information content (AvgIpc) is 3.80. The number of H-pyrrole nitrogens is 2. The maximum absolute atomic E-state index is 14.8. The van der Waals surface area contributed by atoms with Crippen molar-refractivity contribution in [3.8, 4) is 45.1 Å². The summed E-state index contributed by atoms with van der Waals surface area (Å²) in [4.78, 5) is 16.8. The number of nitrogens with zero attached hydrogens (tertiary/aromatic N) is 5. The Kier molecular flexibility index (Phi) is 8.15. The van der Waals surface area contributed by atoms with Crippen LogP contribution in [0.5, 0.6) is 11.5 Å². The molecule has 9 nitrogen and oxygen atoms in total. The van der Waals surface area contributed by atoms with E-state index in [4.69, 9.17) is 9.47 Å². The normalized spacial score (nSPS) is 13.8. The highest BCUT2D eigenvalue weighted by molar-refractivity contribution is 6.01. The molecule has 0 radical (unpaired) electrons. The van der Waals surface area contributed by atoms with Crippen molar-refractivity contribution in [1.29, 1.82) is 0 Å². The lowest BCUT2D eigenvalue weighted by molar-refractivity contribution is 0.237. The molecule has 1 saturated heterocycles. The standard InChI is InChI=1S/C35H36FN7O2/c1-42(2)9-11-45-28-15-25(19-37-20-28)23-5-6-32-30(16-23)35(41-40-32)33-18-29-31(21-38-22-34(29)39-33)24-13-26(36)17-27(14-24)44-12-10-43-7-3-4-8-43/h5-6,13-22,39H,3-4,7-12H2,1-2H3,(H,40,41). The summed E-state index contributed by atoms with van der Waals surface area (Å²) in [6.07, 6.45) is 9.58. The minimum absolute atomic E-state index is 0.344. The molecule has 0 unspecified atom stereocenters. The summed E-state index contributed by atoms with van der Waals surface area (Å²) in [5.41, 5.74) is 6.86. The summed E-state index contributed by atoms with van der Waals surface area (Å²) >= 11 is 0. The number of pyridine rings is 2. The number of rotatable bonds is 11. The first-order valence-electron chi connectivity index (χ1n) is 15.3. The maximum Gasteiger partial charge on any atom is 0.138 e. The summed E-state index contributed by atoms with van der Waals surface area (Å²) < 4.78 is 26.7. The van der Waals surface area contributed by atoms with Gasteiger partial charge in [0.1, 0.15) is 36.2 Å². The van der Waals surface area contributed by atoms with E-state index in [1.807, 2.05) is 50.6 Å². The van der Waals surface area contributed by atoms with Gasteiger partial charge in [-0.3, -0.25) is 20.0 Å². The van der Waals surface area contributed by atoms with Crippen LogP contribution in [0.4, 0.5) is 4.39 Å². The van der Waals surface area contributed by atoms with E-state index >= 15 is 0 Å². The minimum atomic E-state index is -0.344. The zero-order valence-electron chi connectivity index (χ0n) is 25.5. The second kappa shape index (κ2) is 12.7. The van der Waals surface area contributed by atoms with Gasteiger partial charge in [-0.25, -0.2) is 4.39 Å². The zero-order valence-corrected chi connectivity index (χ0v) is 25.5. The van der Waals surface area contributed by atoms with Crippen LogP contribution in [-0.2, 0) is 0 Å². The van der Waals surface area contributed by atoms with Crippen LogP contribution >= 0.6 is 0 Å². The van der Waals surface area contributed by atoms with Gasteiger partial charge in [-0.05, 0) is 87.6 Å². The number of halogens is 1. The maximum atomic E-state index is 14.8. The van der Waals surface area contributed by atoms with Gasteiger partial charge in [-0.15, -0.1) is 0 Å². The molecule has 1 aliphatic rings. The second-order valence-electron chi connectivity index (χ2n) is 11.8. The Morgan fingerprint density at radius 2 is 1.62 bits per heavy atom. The van der Waals surface area contributed by atoms with Crippen molar-refractivity contribution in [1.82, 2.24) is 34.9 Å². The first kappa shape index (κ1) is 28.9. The summed E-state index contributed by atoms with van der Waals surface area (Å²) in [6.45, 7) is 4.98. The van der Waals surface area contributed by atoms with Crippen LogP contribution in [0, 0.1) is 5.82 Å². The fourth-order valence-corrected chi connectivity index (χ4v) is 5.91. The third-order valence-electron chi connectivity index (χ3n) is 8.27. The molecule has 0 bridgehead atoms. The summed E-state index contributed by atoms with van der Waals surface area (Å²) in [7, 11) is 4.04. The summed E-state index contributed by atoms with van der Waals surface area (Å²) in [5.74, 6) is 0.906. The highest BCUT2D eigenvalue weighted by Gasteiger charge is 2.16. The molecule has 0 saturated carbocycles. The van der Waals surface area contributed by atoms with Crippen LogP contribution in [0.2, 0.25) is 0 Å². The molecule has 0 spiro atoms. The van der Waals surface area contributed by atoms with Crippen LogP contribution in [0.15, 0.2) is 73.3 Å². The van der Waals surface area contributed by atoms with E-state index in [0.717, 1.165) is 81.8 Å². The van der Waals surface area contributed by atoms with E-state index in [1.165, 1.54) is 25.0 Å². The quantitative estimate of drug-likeness (QED) is 0.177. The Labute approximate surface area is 261 Å². The van der Waals surface area contributed by atoms with Crippen LogP contribution in [-0.4, -0.2) is 88.4 Å². The molecule has 10 heteroatoms. The predicted molar refractivity (Wildman–Crippen MR) is 175 cm³/mol. The van der Waals surface area contributed by atoms with Crippen LogP contribution < -0.4 is 9.47 Å². The van der Waals surface area contributed by atoms with Gasteiger partial charge in [0, 0.05) is 53.4 Å². The molecule has 0 atom stereocenters. The molecule has 1 fully saturated rings. The third-order valence-corrected chi connectivity index (χ3v) is 8.27. The number of ether oxygens (including phenoxy) is 2. The predicted octanol–water partition coefficient (Wildman–Crippen LogP) is 6.39. The fraction of sp³-hybridized carbons (Fsp3) is 0.286. The van der Waals surface area contributed by atoms with Crippen LogP contribution in [0.25, 0.3) is 55.4 Å². The molecule has 7 rings (SSSR count). The SMILES string of the molecule is CN(C)CCOc1cncc(-c2ccc3[nH]nc(-c4cc5c(-c6cc(F)cc(OCCN7CCCC7)c6)cncc5[nH]4)c3c2)c1. The molecular weight excluding hydrogens is 569 g/mol. The molecule has 45 heavy (non-hydrogen) atoms. The first-order valence-corrected chi connectivity index (χ1v) is 15.3. The van der Waals surface area contributed by atoms with Gasteiger partial charge in [0.05, 0.1) is 29.1 Å². The largest absolute Gasteiger partial charge is 0.492 e. The van der Waals surface area contributed by atoms with E-state index in [0.29, 0.717) is 24.5 Å². The Bertz CT molecular complexity index is 1940. The number of likely N-dealkylation sites (tertiary alicyclic amines) is 1. The highest BCUT2D eigenvalue weighted by Crippen LogP contribution is 2.36. The molecular formula is C35H36FN7O2. The van der Waals surface area contributed by atoms with Crippen molar-refractivity contribution in [3.63, 3.8) is 0 Å². The Morgan fingerprint density at radius 1 is 0.800 bits per heavy atom.